The molecule has 0 saturated carbocycles. The zero-order valence-electron chi connectivity index (χ0n) is 12.0. The maximum Gasteiger partial charge on any atom is 0.0227 e. The average molecular weight is 266 g/mol. The number of hydrogen-bond donors (Lipinski definition) is 2. The summed E-state index contributed by atoms with van der Waals surface area (Å²) in [5.41, 5.74) is 5.73. The van der Waals surface area contributed by atoms with E-state index in [2.05, 4.69) is 66.1 Å². The standard InChI is InChI=1S/C18H22N2/c1-2-19-11-12-20-13-18-16-9-5-3-7-14(16)15-8-4-6-10-17(15)18/h3-10,18-20H,2,11-13H2,1H3. The van der Waals surface area contributed by atoms with Crippen LogP contribution in [0.3, 0.4) is 0 Å². The van der Waals surface area contributed by atoms with Crippen LogP contribution in [0.5, 0.6) is 0 Å². The van der Waals surface area contributed by atoms with E-state index in [0.29, 0.717) is 5.92 Å². The van der Waals surface area contributed by atoms with Crippen LogP contribution in [-0.2, 0) is 0 Å². The fraction of sp³-hybridized carbons (Fsp3) is 0.333. The predicted octanol–water partition coefficient (Wildman–Crippen LogP) is 3.00. The molecule has 0 unspecified atom stereocenters. The molecular formula is C18H22N2. The van der Waals surface area contributed by atoms with E-state index in [0.717, 1.165) is 26.2 Å². The van der Waals surface area contributed by atoms with Crippen LogP contribution in [-0.4, -0.2) is 26.2 Å². The topological polar surface area (TPSA) is 24.1 Å². The van der Waals surface area contributed by atoms with Crippen molar-refractivity contribution in [1.82, 2.24) is 10.6 Å². The molecule has 104 valence electrons. The summed E-state index contributed by atoms with van der Waals surface area (Å²) in [6.07, 6.45) is 0. The zero-order valence-corrected chi connectivity index (χ0v) is 12.0. The van der Waals surface area contributed by atoms with Gasteiger partial charge in [0.15, 0.2) is 0 Å². The van der Waals surface area contributed by atoms with Gasteiger partial charge in [-0.15, -0.1) is 0 Å². The van der Waals surface area contributed by atoms with Gasteiger partial charge in [-0.05, 0) is 28.8 Å². The predicted molar refractivity (Wildman–Crippen MR) is 85.1 cm³/mol. The van der Waals surface area contributed by atoms with Crippen LogP contribution >= 0.6 is 0 Å². The number of benzene rings is 2. The van der Waals surface area contributed by atoms with Crippen molar-refractivity contribution >= 4 is 0 Å². The summed E-state index contributed by atoms with van der Waals surface area (Å²) < 4.78 is 0. The van der Waals surface area contributed by atoms with E-state index in [9.17, 15) is 0 Å². The van der Waals surface area contributed by atoms with Crippen molar-refractivity contribution in [3.05, 3.63) is 59.7 Å². The van der Waals surface area contributed by atoms with Gasteiger partial charge in [0.05, 0.1) is 0 Å². The maximum absolute atomic E-state index is 3.58. The van der Waals surface area contributed by atoms with E-state index < -0.39 is 0 Å². The maximum atomic E-state index is 3.58. The third-order valence-corrected chi connectivity index (χ3v) is 4.04. The van der Waals surface area contributed by atoms with Crippen molar-refractivity contribution in [2.24, 2.45) is 0 Å². The van der Waals surface area contributed by atoms with Gasteiger partial charge < -0.3 is 10.6 Å². The van der Waals surface area contributed by atoms with E-state index in [1.165, 1.54) is 22.3 Å². The van der Waals surface area contributed by atoms with Gasteiger partial charge in [-0.3, -0.25) is 0 Å². The molecule has 0 fully saturated rings. The first-order valence-corrected chi connectivity index (χ1v) is 7.51. The molecule has 2 N–H and O–H groups in total. The van der Waals surface area contributed by atoms with Crippen LogP contribution in [0.2, 0.25) is 0 Å². The average Bonchev–Trinajstić information content (AvgIpc) is 2.82. The Bertz CT molecular complexity index is 532. The molecule has 0 saturated heterocycles. The molecule has 0 amide bonds. The van der Waals surface area contributed by atoms with Crippen molar-refractivity contribution in [2.45, 2.75) is 12.8 Å². The fourth-order valence-corrected chi connectivity index (χ4v) is 3.08. The lowest BCUT2D eigenvalue weighted by Gasteiger charge is -2.14. The summed E-state index contributed by atoms with van der Waals surface area (Å²) in [6.45, 7) is 6.25. The minimum atomic E-state index is 0.490. The van der Waals surface area contributed by atoms with Gasteiger partial charge in [-0.25, -0.2) is 0 Å². The number of hydrogen-bond acceptors (Lipinski definition) is 2. The van der Waals surface area contributed by atoms with Crippen LogP contribution in [0.1, 0.15) is 24.0 Å². The van der Waals surface area contributed by atoms with Gasteiger partial charge in [0.2, 0.25) is 0 Å². The van der Waals surface area contributed by atoms with Gasteiger partial charge in [0, 0.05) is 25.6 Å². The highest BCUT2D eigenvalue weighted by molar-refractivity contribution is 5.78. The summed E-state index contributed by atoms with van der Waals surface area (Å²) in [5.74, 6) is 0.490. The van der Waals surface area contributed by atoms with E-state index in [1.807, 2.05) is 0 Å². The highest BCUT2D eigenvalue weighted by Crippen LogP contribution is 2.43. The molecule has 0 bridgehead atoms. The van der Waals surface area contributed by atoms with Crippen molar-refractivity contribution < 1.29 is 0 Å². The second kappa shape index (κ2) is 6.21. The van der Waals surface area contributed by atoms with E-state index in [-0.39, 0.29) is 0 Å². The van der Waals surface area contributed by atoms with Gasteiger partial charge in [0.25, 0.3) is 0 Å². The summed E-state index contributed by atoms with van der Waals surface area (Å²) in [6, 6.07) is 17.6. The van der Waals surface area contributed by atoms with Gasteiger partial charge in [0.1, 0.15) is 0 Å². The minimum Gasteiger partial charge on any atom is -0.316 e. The molecule has 0 atom stereocenters. The monoisotopic (exact) mass is 266 g/mol. The van der Waals surface area contributed by atoms with Gasteiger partial charge in [-0.1, -0.05) is 55.5 Å². The smallest absolute Gasteiger partial charge is 0.0227 e. The molecule has 0 heterocycles. The molecule has 3 rings (SSSR count). The van der Waals surface area contributed by atoms with Crippen LogP contribution in [0, 0.1) is 0 Å². The first kappa shape index (κ1) is 13.3. The van der Waals surface area contributed by atoms with Crippen molar-refractivity contribution in [3.8, 4) is 11.1 Å². The SMILES string of the molecule is CCNCCNCC1c2ccccc2-c2ccccc21. The molecule has 0 aliphatic heterocycles. The van der Waals surface area contributed by atoms with Crippen LogP contribution < -0.4 is 10.6 Å². The molecule has 20 heavy (non-hydrogen) atoms. The zero-order chi connectivity index (χ0) is 13.8. The first-order valence-electron chi connectivity index (χ1n) is 7.51. The van der Waals surface area contributed by atoms with E-state index >= 15 is 0 Å². The Hall–Kier alpha value is -1.64. The Balaban J connectivity index is 1.77. The van der Waals surface area contributed by atoms with Gasteiger partial charge in [-0.2, -0.15) is 0 Å². The molecule has 0 spiro atoms. The number of likely N-dealkylation sites (N-methyl/N-ethyl adjacent to an activating group) is 1. The minimum absolute atomic E-state index is 0.490. The quantitative estimate of drug-likeness (QED) is 0.785. The summed E-state index contributed by atoms with van der Waals surface area (Å²) >= 11 is 0. The molecule has 0 radical (unpaired) electrons. The molecule has 1 aliphatic rings. The Morgan fingerprint density at radius 1 is 0.800 bits per heavy atom. The highest BCUT2D eigenvalue weighted by Gasteiger charge is 2.27. The molecule has 2 nitrogen and oxygen atoms in total. The van der Waals surface area contributed by atoms with Gasteiger partial charge >= 0.3 is 0 Å². The first-order chi connectivity index (χ1) is 9.92. The van der Waals surface area contributed by atoms with Crippen molar-refractivity contribution in [2.75, 3.05) is 26.2 Å². The highest BCUT2D eigenvalue weighted by atomic mass is 14.9. The summed E-state index contributed by atoms with van der Waals surface area (Å²) in [5, 5.41) is 6.93. The third kappa shape index (κ3) is 2.49. The van der Waals surface area contributed by atoms with Crippen molar-refractivity contribution in [3.63, 3.8) is 0 Å². The second-order valence-corrected chi connectivity index (χ2v) is 5.28. The number of rotatable bonds is 6. The Morgan fingerprint density at radius 3 is 1.95 bits per heavy atom. The normalized spacial score (nSPS) is 13.2. The molecule has 0 aromatic heterocycles. The molecular weight excluding hydrogens is 244 g/mol. The Kier molecular flexibility index (Phi) is 4.14. The number of nitrogens with one attached hydrogen (secondary N) is 2. The Morgan fingerprint density at radius 2 is 1.35 bits per heavy atom. The van der Waals surface area contributed by atoms with Crippen LogP contribution in [0.15, 0.2) is 48.5 Å². The van der Waals surface area contributed by atoms with Crippen LogP contribution in [0.25, 0.3) is 11.1 Å². The molecule has 1 aliphatic carbocycles. The molecule has 2 heteroatoms. The van der Waals surface area contributed by atoms with Crippen LogP contribution in [0.4, 0.5) is 0 Å². The van der Waals surface area contributed by atoms with E-state index in [4.69, 9.17) is 0 Å². The number of fused-ring (bicyclic) bond motifs is 3. The lowest BCUT2D eigenvalue weighted by atomic mass is 9.97. The Labute approximate surface area is 121 Å². The molecule has 2 aromatic rings. The van der Waals surface area contributed by atoms with E-state index in [1.54, 1.807) is 0 Å². The summed E-state index contributed by atoms with van der Waals surface area (Å²) in [4.78, 5) is 0. The summed E-state index contributed by atoms with van der Waals surface area (Å²) in [7, 11) is 0. The third-order valence-electron chi connectivity index (χ3n) is 4.04. The lowest BCUT2D eigenvalue weighted by molar-refractivity contribution is 0.602. The lowest BCUT2D eigenvalue weighted by Crippen LogP contribution is -2.30. The van der Waals surface area contributed by atoms with Crippen molar-refractivity contribution in [1.29, 1.82) is 0 Å². The fourth-order valence-electron chi connectivity index (χ4n) is 3.08. The molecule has 2 aromatic carbocycles. The largest absolute Gasteiger partial charge is 0.316 e. The second-order valence-electron chi connectivity index (χ2n) is 5.28.